The molecule has 2 nitrogen and oxygen atoms in total. The molecule has 2 N–H and O–H groups in total. The van der Waals surface area contributed by atoms with Crippen molar-refractivity contribution in [3.05, 3.63) is 0 Å². The van der Waals surface area contributed by atoms with E-state index in [2.05, 4.69) is 0 Å². The van der Waals surface area contributed by atoms with E-state index in [1.165, 1.54) is 0 Å². The molecule has 0 rings (SSSR count). The van der Waals surface area contributed by atoms with E-state index in [4.69, 9.17) is 5.73 Å². The second-order valence-corrected chi connectivity index (χ2v) is 6.82. The largest absolute Gasteiger partial charge is 0.355 e. The summed E-state index contributed by atoms with van der Waals surface area (Å²) < 4.78 is 0. The van der Waals surface area contributed by atoms with E-state index in [9.17, 15) is 4.79 Å². The van der Waals surface area contributed by atoms with Crippen LogP contribution in [-0.2, 0) is 0 Å². The van der Waals surface area contributed by atoms with Gasteiger partial charge in [-0.15, -0.1) is 0 Å². The fourth-order valence-corrected chi connectivity index (χ4v) is 0. The van der Waals surface area contributed by atoms with Crippen molar-refractivity contribution < 1.29 is 4.79 Å². The van der Waals surface area contributed by atoms with Gasteiger partial charge < -0.3 is 5.73 Å². The summed E-state index contributed by atoms with van der Waals surface area (Å²) in [5.74, 6) is 0. The SMILES string of the molecule is C[P+](C)(C)C(N)=O. The van der Waals surface area contributed by atoms with Gasteiger partial charge in [0.1, 0.15) is 0 Å². The summed E-state index contributed by atoms with van der Waals surface area (Å²) in [5.41, 5.74) is 4.83. The maximum absolute atomic E-state index is 10.3. The molecule has 0 unspecified atom stereocenters. The molecule has 0 spiro atoms. The zero-order valence-electron chi connectivity index (χ0n) is 4.93. The van der Waals surface area contributed by atoms with Gasteiger partial charge in [-0.25, -0.2) is 4.79 Å². The Morgan fingerprint density at radius 2 is 1.57 bits per heavy atom. The molecule has 0 saturated carbocycles. The number of carbonyl (C=O) groups excluding carboxylic acids is 1. The molecule has 3 heteroatoms. The molecule has 0 fully saturated rings. The predicted octanol–water partition coefficient (Wildman–Crippen LogP) is 0.972. The van der Waals surface area contributed by atoms with Crippen molar-refractivity contribution in [2.75, 3.05) is 20.0 Å². The fourth-order valence-electron chi connectivity index (χ4n) is 0. The van der Waals surface area contributed by atoms with Crippen molar-refractivity contribution in [3.8, 4) is 0 Å². The van der Waals surface area contributed by atoms with Crippen LogP contribution in [0.25, 0.3) is 0 Å². The third kappa shape index (κ3) is 2.58. The first-order valence-corrected chi connectivity index (χ1v) is 5.19. The molecule has 42 valence electrons. The predicted molar refractivity (Wildman–Crippen MR) is 34.3 cm³/mol. The second-order valence-electron chi connectivity index (χ2n) is 2.35. The highest BCUT2D eigenvalue weighted by Crippen LogP contribution is 2.45. The van der Waals surface area contributed by atoms with Crippen LogP contribution >= 0.6 is 7.26 Å². The van der Waals surface area contributed by atoms with Gasteiger partial charge in [-0.2, -0.15) is 0 Å². The summed E-state index contributed by atoms with van der Waals surface area (Å²) >= 11 is 0. The van der Waals surface area contributed by atoms with Gasteiger partial charge in [0.15, 0.2) is 0 Å². The molecule has 1 amide bonds. The molecule has 0 atom stereocenters. The molecule has 0 aliphatic heterocycles. The van der Waals surface area contributed by atoms with Gasteiger partial charge >= 0.3 is 5.65 Å². The summed E-state index contributed by atoms with van der Waals surface area (Å²) in [6.07, 6.45) is 0. The van der Waals surface area contributed by atoms with Gasteiger partial charge in [0, 0.05) is 0 Å². The Morgan fingerprint density at radius 3 is 1.57 bits per heavy atom. The van der Waals surface area contributed by atoms with Crippen LogP contribution in [0.2, 0.25) is 0 Å². The minimum absolute atomic E-state index is 0.146. The second kappa shape index (κ2) is 1.79. The number of nitrogens with two attached hydrogens (primary N) is 1. The Balaban J connectivity index is 3.79. The normalized spacial score (nSPS) is 11.3. The van der Waals surface area contributed by atoms with Crippen molar-refractivity contribution in [2.24, 2.45) is 5.73 Å². The van der Waals surface area contributed by atoms with Crippen LogP contribution in [0.15, 0.2) is 0 Å². The van der Waals surface area contributed by atoms with Crippen LogP contribution in [-0.4, -0.2) is 25.6 Å². The molecule has 0 radical (unpaired) electrons. The molecule has 0 bridgehead atoms. The molecule has 0 aromatic rings. The summed E-state index contributed by atoms with van der Waals surface area (Å²) in [7, 11) is -1.35. The third-order valence-electron chi connectivity index (χ3n) is 0.661. The minimum atomic E-state index is -1.35. The van der Waals surface area contributed by atoms with E-state index in [1.807, 2.05) is 20.0 Å². The molecule has 0 aromatic carbocycles. The number of hydrogen-bond acceptors (Lipinski definition) is 1. The Morgan fingerprint density at radius 1 is 1.43 bits per heavy atom. The Kier molecular flexibility index (Phi) is 1.76. The van der Waals surface area contributed by atoms with Crippen molar-refractivity contribution in [1.29, 1.82) is 0 Å². The average Bonchev–Trinajstić information content (AvgIpc) is 1.31. The van der Waals surface area contributed by atoms with Gasteiger partial charge in [0.2, 0.25) is 0 Å². The maximum atomic E-state index is 10.3. The lowest BCUT2D eigenvalue weighted by atomic mass is 11.4. The highest BCUT2D eigenvalue weighted by atomic mass is 31.2. The highest BCUT2D eigenvalue weighted by Gasteiger charge is 2.25. The maximum Gasteiger partial charge on any atom is 0.355 e. The zero-order chi connectivity index (χ0) is 6.08. The minimum Gasteiger partial charge on any atom is -0.337 e. The smallest absolute Gasteiger partial charge is 0.337 e. The molecular formula is C4H11NOP+. The first-order valence-electron chi connectivity index (χ1n) is 2.06. The van der Waals surface area contributed by atoms with Gasteiger partial charge in [0.05, 0.1) is 27.3 Å². The molecular weight excluding hydrogens is 109 g/mol. The van der Waals surface area contributed by atoms with E-state index in [-0.39, 0.29) is 5.65 Å². The summed E-state index contributed by atoms with van der Waals surface area (Å²) in [6, 6.07) is 0. The van der Waals surface area contributed by atoms with Crippen molar-refractivity contribution in [2.45, 2.75) is 0 Å². The van der Waals surface area contributed by atoms with Gasteiger partial charge in [-0.3, -0.25) is 0 Å². The summed E-state index contributed by atoms with van der Waals surface area (Å²) in [4.78, 5) is 10.3. The zero-order valence-corrected chi connectivity index (χ0v) is 5.83. The monoisotopic (exact) mass is 120 g/mol. The van der Waals surface area contributed by atoms with Crippen molar-refractivity contribution in [3.63, 3.8) is 0 Å². The lowest BCUT2D eigenvalue weighted by molar-refractivity contribution is 0.266. The van der Waals surface area contributed by atoms with Gasteiger partial charge in [-0.1, -0.05) is 0 Å². The lowest BCUT2D eigenvalue weighted by Crippen LogP contribution is -2.11. The Hall–Kier alpha value is -0.100. The van der Waals surface area contributed by atoms with Crippen LogP contribution in [0.1, 0.15) is 0 Å². The Labute approximate surface area is 44.4 Å². The molecule has 0 aliphatic rings. The molecule has 0 aliphatic carbocycles. The van der Waals surface area contributed by atoms with E-state index in [1.54, 1.807) is 0 Å². The first kappa shape index (κ1) is 6.90. The van der Waals surface area contributed by atoms with Crippen LogP contribution in [0.3, 0.4) is 0 Å². The molecule has 0 aromatic heterocycles. The number of rotatable bonds is 1. The van der Waals surface area contributed by atoms with E-state index in [0.717, 1.165) is 0 Å². The van der Waals surface area contributed by atoms with Crippen LogP contribution in [0.4, 0.5) is 4.79 Å². The topological polar surface area (TPSA) is 43.1 Å². The number of amides is 1. The average molecular weight is 120 g/mol. The van der Waals surface area contributed by atoms with Gasteiger partial charge in [0.25, 0.3) is 0 Å². The Bertz CT molecular complexity index is 84.2. The van der Waals surface area contributed by atoms with Gasteiger partial charge in [-0.05, 0) is 0 Å². The molecule has 0 saturated heterocycles. The molecule has 7 heavy (non-hydrogen) atoms. The van der Waals surface area contributed by atoms with E-state index in [0.29, 0.717) is 0 Å². The third-order valence-corrected chi connectivity index (χ3v) is 1.98. The quantitative estimate of drug-likeness (QED) is 0.515. The van der Waals surface area contributed by atoms with Crippen LogP contribution in [0, 0.1) is 0 Å². The van der Waals surface area contributed by atoms with Crippen LogP contribution < -0.4 is 5.73 Å². The summed E-state index contributed by atoms with van der Waals surface area (Å²) in [6.45, 7) is 5.69. The summed E-state index contributed by atoms with van der Waals surface area (Å²) in [5, 5.41) is 0. The van der Waals surface area contributed by atoms with Crippen molar-refractivity contribution >= 4 is 12.9 Å². The first-order chi connectivity index (χ1) is 2.94. The molecule has 0 heterocycles. The lowest BCUT2D eigenvalue weighted by Gasteiger charge is -2.01. The number of hydrogen-bond donors (Lipinski definition) is 1. The van der Waals surface area contributed by atoms with Crippen LogP contribution in [0.5, 0.6) is 0 Å². The highest BCUT2D eigenvalue weighted by molar-refractivity contribution is 7.89. The fraction of sp³-hybridized carbons (Fsp3) is 0.750. The van der Waals surface area contributed by atoms with Crippen molar-refractivity contribution in [1.82, 2.24) is 0 Å². The van der Waals surface area contributed by atoms with E-state index >= 15 is 0 Å². The standard InChI is InChI=1S/C4H10NOP/c1-7(2,3)4(5)6/h1-3H3,(H-,5,6)/p+1. The number of primary amides is 1. The van der Waals surface area contributed by atoms with E-state index < -0.39 is 7.26 Å². The number of carbonyl (C=O) groups is 1.